The van der Waals surface area contributed by atoms with Gasteiger partial charge in [0.1, 0.15) is 0 Å². The molecular weight excluding hydrogens is 278 g/mol. The van der Waals surface area contributed by atoms with Gasteiger partial charge in [0.05, 0.1) is 11.5 Å². The van der Waals surface area contributed by atoms with Gasteiger partial charge in [-0.25, -0.2) is 0 Å². The third kappa shape index (κ3) is 4.45. The number of nitrogens with zero attached hydrogens (tertiary/aromatic N) is 1. The second-order valence-electron chi connectivity index (χ2n) is 7.20. The van der Waals surface area contributed by atoms with Gasteiger partial charge in [0, 0.05) is 25.6 Å². The second kappa shape index (κ2) is 7.95. The monoisotopic (exact) mass is 311 g/mol. The summed E-state index contributed by atoms with van der Waals surface area (Å²) >= 11 is 0. The van der Waals surface area contributed by atoms with Crippen molar-refractivity contribution in [2.45, 2.75) is 59.4 Å². The van der Waals surface area contributed by atoms with Crippen LogP contribution in [-0.2, 0) is 9.59 Å². The number of piperidine rings is 1. The minimum Gasteiger partial charge on any atom is -0.349 e. The molecule has 22 heavy (non-hydrogen) atoms. The molecule has 1 saturated heterocycles. The van der Waals surface area contributed by atoms with E-state index in [0.29, 0.717) is 13.1 Å². The van der Waals surface area contributed by atoms with Gasteiger partial charge in [-0.15, -0.1) is 0 Å². The van der Waals surface area contributed by atoms with Crippen molar-refractivity contribution in [3.63, 3.8) is 0 Å². The summed E-state index contributed by atoms with van der Waals surface area (Å²) in [7, 11) is 0. The van der Waals surface area contributed by atoms with Crippen LogP contribution in [0.1, 0.15) is 53.9 Å². The Bertz CT molecular complexity index is 397. The van der Waals surface area contributed by atoms with E-state index in [9.17, 15) is 9.59 Å². The maximum absolute atomic E-state index is 12.6. The second-order valence-corrected chi connectivity index (χ2v) is 7.20. The van der Waals surface area contributed by atoms with E-state index in [4.69, 9.17) is 5.73 Å². The predicted octanol–water partition coefficient (Wildman–Crippen LogP) is 1.76. The van der Waals surface area contributed by atoms with Crippen LogP contribution in [0.25, 0.3) is 0 Å². The van der Waals surface area contributed by atoms with Crippen LogP contribution in [-0.4, -0.2) is 41.9 Å². The largest absolute Gasteiger partial charge is 0.349 e. The summed E-state index contributed by atoms with van der Waals surface area (Å²) in [5, 5.41) is 3.11. The van der Waals surface area contributed by atoms with Gasteiger partial charge >= 0.3 is 0 Å². The van der Waals surface area contributed by atoms with Gasteiger partial charge < -0.3 is 16.0 Å². The van der Waals surface area contributed by atoms with Crippen LogP contribution in [0, 0.1) is 17.8 Å². The summed E-state index contributed by atoms with van der Waals surface area (Å²) in [5.74, 6) is 0.384. The number of carbonyl (C=O) groups excluding carboxylic acids is 2. The summed E-state index contributed by atoms with van der Waals surface area (Å²) in [6.07, 6.45) is 2.57. The molecule has 0 aromatic heterocycles. The number of likely N-dealkylation sites (tertiary alicyclic amines) is 1. The highest BCUT2D eigenvalue weighted by Gasteiger charge is 2.34. The zero-order valence-electron chi connectivity index (χ0n) is 14.8. The first kappa shape index (κ1) is 18.9. The number of carbonyl (C=O) groups is 2. The molecule has 2 amide bonds. The molecule has 1 heterocycles. The molecule has 3 N–H and O–H groups in total. The van der Waals surface area contributed by atoms with Crippen LogP contribution >= 0.6 is 0 Å². The Morgan fingerprint density at radius 1 is 1.36 bits per heavy atom. The molecule has 1 rings (SSSR count). The van der Waals surface area contributed by atoms with Crippen molar-refractivity contribution in [3.8, 4) is 0 Å². The van der Waals surface area contributed by atoms with Crippen molar-refractivity contribution >= 4 is 11.8 Å². The highest BCUT2D eigenvalue weighted by molar-refractivity contribution is 5.82. The maximum Gasteiger partial charge on any atom is 0.225 e. The van der Waals surface area contributed by atoms with E-state index in [2.05, 4.69) is 19.2 Å². The Morgan fingerprint density at radius 3 is 2.50 bits per heavy atom. The topological polar surface area (TPSA) is 75.4 Å². The molecule has 0 aromatic carbocycles. The maximum atomic E-state index is 12.6. The Kier molecular flexibility index (Phi) is 6.85. The molecule has 1 fully saturated rings. The van der Waals surface area contributed by atoms with E-state index in [1.165, 1.54) is 0 Å². The first-order chi connectivity index (χ1) is 10.2. The number of nitrogens with one attached hydrogen (secondary N) is 1. The SMILES string of the molecule is CCC(C)C(=O)N1CCCC(C(=O)NC(C)(CN)C(C)C)C1. The van der Waals surface area contributed by atoms with Crippen LogP contribution in [0.5, 0.6) is 0 Å². The molecule has 0 radical (unpaired) electrons. The summed E-state index contributed by atoms with van der Waals surface area (Å²) in [4.78, 5) is 26.8. The summed E-state index contributed by atoms with van der Waals surface area (Å²) < 4.78 is 0. The third-order valence-corrected chi connectivity index (χ3v) is 5.24. The van der Waals surface area contributed by atoms with Crippen molar-refractivity contribution < 1.29 is 9.59 Å². The first-order valence-corrected chi connectivity index (χ1v) is 8.56. The van der Waals surface area contributed by atoms with E-state index >= 15 is 0 Å². The molecule has 0 aliphatic carbocycles. The molecule has 0 bridgehead atoms. The van der Waals surface area contributed by atoms with E-state index in [1.54, 1.807) is 0 Å². The van der Waals surface area contributed by atoms with Gasteiger partial charge in [-0.2, -0.15) is 0 Å². The highest BCUT2D eigenvalue weighted by atomic mass is 16.2. The summed E-state index contributed by atoms with van der Waals surface area (Å²) in [5.41, 5.74) is 5.45. The Morgan fingerprint density at radius 2 is 2.00 bits per heavy atom. The van der Waals surface area contributed by atoms with Crippen LogP contribution in [0.3, 0.4) is 0 Å². The van der Waals surface area contributed by atoms with E-state index in [-0.39, 0.29) is 35.1 Å². The molecule has 5 nitrogen and oxygen atoms in total. The van der Waals surface area contributed by atoms with Crippen LogP contribution in [0.15, 0.2) is 0 Å². The van der Waals surface area contributed by atoms with Gasteiger partial charge in [0.2, 0.25) is 11.8 Å². The van der Waals surface area contributed by atoms with Crippen molar-refractivity contribution in [2.75, 3.05) is 19.6 Å². The lowest BCUT2D eigenvalue weighted by atomic mass is 9.87. The van der Waals surface area contributed by atoms with E-state index < -0.39 is 0 Å². The standard InChI is InChI=1S/C17H33N3O2/c1-6-13(4)16(22)20-9-7-8-14(10-20)15(21)19-17(5,11-18)12(2)3/h12-14H,6-11,18H2,1-5H3,(H,19,21). The lowest BCUT2D eigenvalue weighted by molar-refractivity contribution is -0.139. The Balaban J connectivity index is 2.68. The van der Waals surface area contributed by atoms with Crippen LogP contribution in [0.2, 0.25) is 0 Å². The van der Waals surface area contributed by atoms with E-state index in [1.807, 2.05) is 25.7 Å². The molecule has 5 heteroatoms. The molecule has 0 aromatic rings. The van der Waals surface area contributed by atoms with Crippen molar-refractivity contribution in [1.82, 2.24) is 10.2 Å². The fourth-order valence-corrected chi connectivity index (χ4v) is 2.69. The quantitative estimate of drug-likeness (QED) is 0.785. The van der Waals surface area contributed by atoms with Gasteiger partial charge in [0.25, 0.3) is 0 Å². The minimum absolute atomic E-state index is 0.0308. The zero-order valence-corrected chi connectivity index (χ0v) is 14.8. The fourth-order valence-electron chi connectivity index (χ4n) is 2.69. The molecular formula is C17H33N3O2. The Labute approximate surface area is 135 Å². The van der Waals surface area contributed by atoms with Gasteiger partial charge in [-0.3, -0.25) is 9.59 Å². The van der Waals surface area contributed by atoms with Crippen LogP contribution in [0.4, 0.5) is 0 Å². The van der Waals surface area contributed by atoms with Gasteiger partial charge in [-0.05, 0) is 32.1 Å². The zero-order chi connectivity index (χ0) is 16.9. The smallest absolute Gasteiger partial charge is 0.225 e. The predicted molar refractivity (Wildman–Crippen MR) is 89.2 cm³/mol. The highest BCUT2D eigenvalue weighted by Crippen LogP contribution is 2.22. The molecule has 3 atom stereocenters. The molecule has 128 valence electrons. The number of amides is 2. The van der Waals surface area contributed by atoms with Crippen molar-refractivity contribution in [1.29, 1.82) is 0 Å². The van der Waals surface area contributed by atoms with Crippen molar-refractivity contribution in [3.05, 3.63) is 0 Å². The average Bonchev–Trinajstić information content (AvgIpc) is 2.52. The number of nitrogens with two attached hydrogens (primary N) is 1. The number of rotatable bonds is 6. The summed E-state index contributed by atoms with van der Waals surface area (Å²) in [6, 6.07) is 0. The Hall–Kier alpha value is -1.10. The molecule has 0 saturated carbocycles. The van der Waals surface area contributed by atoms with Gasteiger partial charge in [-0.1, -0.05) is 27.7 Å². The fraction of sp³-hybridized carbons (Fsp3) is 0.882. The molecule has 0 spiro atoms. The number of hydrogen-bond acceptors (Lipinski definition) is 3. The molecule has 1 aliphatic rings. The average molecular weight is 311 g/mol. The van der Waals surface area contributed by atoms with Crippen LogP contribution < -0.4 is 11.1 Å². The summed E-state index contributed by atoms with van der Waals surface area (Å²) in [6.45, 7) is 11.8. The number of hydrogen-bond donors (Lipinski definition) is 2. The lowest BCUT2D eigenvalue weighted by Crippen LogP contribution is -2.58. The van der Waals surface area contributed by atoms with Crippen molar-refractivity contribution in [2.24, 2.45) is 23.5 Å². The lowest BCUT2D eigenvalue weighted by Gasteiger charge is -2.38. The normalized spacial score (nSPS) is 23.0. The third-order valence-electron chi connectivity index (χ3n) is 5.24. The first-order valence-electron chi connectivity index (χ1n) is 8.56. The molecule has 1 aliphatic heterocycles. The van der Waals surface area contributed by atoms with E-state index in [0.717, 1.165) is 25.8 Å². The molecule has 3 unspecified atom stereocenters. The van der Waals surface area contributed by atoms with Gasteiger partial charge in [0.15, 0.2) is 0 Å². The minimum atomic E-state index is -0.389.